The van der Waals surface area contributed by atoms with Crippen LogP contribution in [0.2, 0.25) is 5.02 Å². The molecule has 1 aliphatic rings. The Morgan fingerprint density at radius 2 is 2.09 bits per heavy atom. The lowest BCUT2D eigenvalue weighted by atomic mass is 10.1. The third kappa shape index (κ3) is 3.04. The second-order valence-corrected chi connectivity index (χ2v) is 6.94. The zero-order valence-corrected chi connectivity index (χ0v) is 14.0. The van der Waals surface area contributed by atoms with E-state index in [1.165, 1.54) is 0 Å². The van der Waals surface area contributed by atoms with Crippen LogP contribution >= 0.6 is 22.9 Å². The molecule has 1 saturated heterocycles. The summed E-state index contributed by atoms with van der Waals surface area (Å²) in [6, 6.07) is 9.80. The van der Waals surface area contributed by atoms with Crippen molar-refractivity contribution in [2.45, 2.75) is 18.9 Å². The lowest BCUT2D eigenvalue weighted by Gasteiger charge is -2.12. The minimum atomic E-state index is 0.279. The second kappa shape index (κ2) is 6.43. The number of hydrogen-bond donors (Lipinski definition) is 1. The molecule has 0 aliphatic carbocycles. The Labute approximate surface area is 143 Å². The van der Waals surface area contributed by atoms with Crippen molar-refractivity contribution in [2.24, 2.45) is 0 Å². The molecule has 1 aliphatic heterocycles. The third-order valence-corrected chi connectivity index (χ3v) is 5.20. The summed E-state index contributed by atoms with van der Waals surface area (Å²) < 4.78 is 6.79. The molecule has 1 fully saturated rings. The van der Waals surface area contributed by atoms with Crippen molar-refractivity contribution in [3.05, 3.63) is 40.7 Å². The summed E-state index contributed by atoms with van der Waals surface area (Å²) in [7, 11) is 0. The maximum absolute atomic E-state index is 5.97. The van der Waals surface area contributed by atoms with Gasteiger partial charge < -0.3 is 10.1 Å². The van der Waals surface area contributed by atoms with E-state index in [4.69, 9.17) is 16.3 Å². The molecule has 23 heavy (non-hydrogen) atoms. The quantitative estimate of drug-likeness (QED) is 0.750. The lowest BCUT2D eigenvalue weighted by Crippen LogP contribution is -2.19. The molecule has 1 atom stereocenters. The van der Waals surface area contributed by atoms with Gasteiger partial charge in [-0.15, -0.1) is 21.5 Å². The van der Waals surface area contributed by atoms with Crippen LogP contribution in [0.25, 0.3) is 21.3 Å². The Morgan fingerprint density at radius 1 is 1.22 bits per heavy atom. The van der Waals surface area contributed by atoms with Gasteiger partial charge in [-0.25, -0.2) is 0 Å². The highest BCUT2D eigenvalue weighted by molar-refractivity contribution is 7.17. The fraction of sp³-hybridized carbons (Fsp3) is 0.294. The molecule has 1 aromatic carbocycles. The molecule has 0 saturated carbocycles. The van der Waals surface area contributed by atoms with Crippen LogP contribution < -0.4 is 5.32 Å². The Balaban J connectivity index is 1.65. The number of rotatable bonds is 4. The van der Waals surface area contributed by atoms with E-state index in [2.05, 4.69) is 27.0 Å². The fourth-order valence-electron chi connectivity index (χ4n) is 2.82. The molecule has 118 valence electrons. The number of halogens is 1. The standard InChI is InChI=1S/C17H16ClN3OS/c18-12-5-3-11(4-6-12)15-16-14(7-9-23-16)17(21-20-15)19-10-13-2-1-8-22-13/h3-7,9,13H,1-2,8,10H2,(H,19,21). The molecular weight excluding hydrogens is 330 g/mol. The highest BCUT2D eigenvalue weighted by atomic mass is 35.5. The van der Waals surface area contributed by atoms with Crippen LogP contribution in [0.1, 0.15) is 12.8 Å². The van der Waals surface area contributed by atoms with Crippen LogP contribution in [0.5, 0.6) is 0 Å². The molecule has 0 bridgehead atoms. The van der Waals surface area contributed by atoms with Gasteiger partial charge in [0.1, 0.15) is 5.69 Å². The minimum absolute atomic E-state index is 0.279. The normalized spacial score (nSPS) is 17.7. The van der Waals surface area contributed by atoms with E-state index in [9.17, 15) is 0 Å². The van der Waals surface area contributed by atoms with Crippen LogP contribution in [-0.2, 0) is 4.74 Å². The van der Waals surface area contributed by atoms with Gasteiger partial charge in [0.2, 0.25) is 0 Å². The van der Waals surface area contributed by atoms with Crippen LogP contribution in [0.4, 0.5) is 5.82 Å². The zero-order chi connectivity index (χ0) is 15.6. The number of hydrogen-bond acceptors (Lipinski definition) is 5. The molecule has 0 spiro atoms. The van der Waals surface area contributed by atoms with Crippen LogP contribution in [-0.4, -0.2) is 29.5 Å². The maximum Gasteiger partial charge on any atom is 0.157 e. The largest absolute Gasteiger partial charge is 0.376 e. The number of fused-ring (bicyclic) bond motifs is 1. The van der Waals surface area contributed by atoms with Crippen molar-refractivity contribution >= 4 is 38.8 Å². The highest BCUT2D eigenvalue weighted by Crippen LogP contribution is 2.34. The predicted molar refractivity (Wildman–Crippen MR) is 95.3 cm³/mol. The van der Waals surface area contributed by atoms with Crippen molar-refractivity contribution in [2.75, 3.05) is 18.5 Å². The molecule has 6 heteroatoms. The topological polar surface area (TPSA) is 47.0 Å². The first-order valence-electron chi connectivity index (χ1n) is 7.66. The average molecular weight is 346 g/mol. The number of ether oxygens (including phenoxy) is 1. The summed E-state index contributed by atoms with van der Waals surface area (Å²) in [5, 5.41) is 16.1. The number of aromatic nitrogens is 2. The first kappa shape index (κ1) is 14.9. The van der Waals surface area contributed by atoms with Crippen LogP contribution in [0, 0.1) is 0 Å². The van der Waals surface area contributed by atoms with Gasteiger partial charge in [-0.3, -0.25) is 0 Å². The van der Waals surface area contributed by atoms with Gasteiger partial charge in [-0.1, -0.05) is 23.7 Å². The predicted octanol–water partition coefficient (Wildman–Crippen LogP) is 4.60. The van der Waals surface area contributed by atoms with Crippen molar-refractivity contribution in [1.82, 2.24) is 10.2 Å². The number of anilines is 1. The average Bonchev–Trinajstić information content (AvgIpc) is 3.25. The number of benzene rings is 1. The third-order valence-electron chi connectivity index (χ3n) is 4.02. The van der Waals surface area contributed by atoms with E-state index in [1.54, 1.807) is 11.3 Å². The second-order valence-electron chi connectivity index (χ2n) is 5.58. The Bertz CT molecular complexity index is 812. The molecule has 4 rings (SSSR count). The summed E-state index contributed by atoms with van der Waals surface area (Å²) >= 11 is 7.65. The zero-order valence-electron chi connectivity index (χ0n) is 12.5. The molecular formula is C17H16ClN3OS. The molecule has 0 radical (unpaired) electrons. The smallest absolute Gasteiger partial charge is 0.157 e. The summed E-state index contributed by atoms with van der Waals surface area (Å²) in [4.78, 5) is 0. The highest BCUT2D eigenvalue weighted by Gasteiger charge is 2.17. The van der Waals surface area contributed by atoms with E-state index in [1.807, 2.05) is 24.3 Å². The Hall–Kier alpha value is -1.69. The monoisotopic (exact) mass is 345 g/mol. The number of nitrogens with one attached hydrogen (secondary N) is 1. The van der Waals surface area contributed by atoms with E-state index in [0.29, 0.717) is 0 Å². The van der Waals surface area contributed by atoms with Gasteiger partial charge in [-0.2, -0.15) is 0 Å². The van der Waals surface area contributed by atoms with Crippen LogP contribution in [0.15, 0.2) is 35.7 Å². The number of nitrogens with zero attached hydrogens (tertiary/aromatic N) is 2. The minimum Gasteiger partial charge on any atom is -0.376 e. The Kier molecular flexibility index (Phi) is 4.16. The first-order valence-corrected chi connectivity index (χ1v) is 8.92. The lowest BCUT2D eigenvalue weighted by molar-refractivity contribution is 0.120. The molecule has 4 nitrogen and oxygen atoms in total. The van der Waals surface area contributed by atoms with Gasteiger partial charge in [0.25, 0.3) is 0 Å². The van der Waals surface area contributed by atoms with Gasteiger partial charge in [-0.05, 0) is 36.4 Å². The molecule has 1 N–H and O–H groups in total. The first-order chi connectivity index (χ1) is 11.3. The van der Waals surface area contributed by atoms with Crippen molar-refractivity contribution in [3.8, 4) is 11.3 Å². The summed E-state index contributed by atoms with van der Waals surface area (Å²) in [5.74, 6) is 0.828. The number of thiophene rings is 1. The van der Waals surface area contributed by atoms with Gasteiger partial charge >= 0.3 is 0 Å². The molecule has 2 aromatic heterocycles. The van der Waals surface area contributed by atoms with Crippen molar-refractivity contribution < 1.29 is 4.74 Å². The van der Waals surface area contributed by atoms with E-state index in [-0.39, 0.29) is 6.10 Å². The van der Waals surface area contributed by atoms with Gasteiger partial charge in [0.05, 0.1) is 10.8 Å². The summed E-state index contributed by atoms with van der Waals surface area (Å²) in [5.41, 5.74) is 1.93. The van der Waals surface area contributed by atoms with E-state index >= 15 is 0 Å². The molecule has 1 unspecified atom stereocenters. The fourth-order valence-corrected chi connectivity index (χ4v) is 3.85. The summed E-state index contributed by atoms with van der Waals surface area (Å²) in [6.07, 6.45) is 2.53. The molecule has 3 heterocycles. The maximum atomic E-state index is 5.97. The van der Waals surface area contributed by atoms with Gasteiger partial charge in [0.15, 0.2) is 5.82 Å². The summed E-state index contributed by atoms with van der Waals surface area (Å²) in [6.45, 7) is 1.64. The van der Waals surface area contributed by atoms with Crippen LogP contribution in [0.3, 0.4) is 0 Å². The van der Waals surface area contributed by atoms with Crippen molar-refractivity contribution in [3.63, 3.8) is 0 Å². The Morgan fingerprint density at radius 3 is 2.87 bits per heavy atom. The van der Waals surface area contributed by atoms with E-state index < -0.39 is 0 Å². The molecule has 0 amide bonds. The molecule has 3 aromatic rings. The van der Waals surface area contributed by atoms with Gasteiger partial charge in [0, 0.05) is 29.1 Å². The van der Waals surface area contributed by atoms with Crippen molar-refractivity contribution in [1.29, 1.82) is 0 Å². The van der Waals surface area contributed by atoms with E-state index in [0.717, 1.165) is 58.2 Å². The SMILES string of the molecule is Clc1ccc(-c2nnc(NCC3CCCO3)c3ccsc23)cc1.